The van der Waals surface area contributed by atoms with E-state index < -0.39 is 10.8 Å². The fourth-order valence-corrected chi connectivity index (χ4v) is 2.18. The van der Waals surface area contributed by atoms with Gasteiger partial charge < -0.3 is 5.32 Å². The molecule has 0 aliphatic rings. The van der Waals surface area contributed by atoms with Crippen molar-refractivity contribution >= 4 is 17.3 Å². The molecule has 108 valence electrons. The second-order valence-electron chi connectivity index (χ2n) is 4.67. The number of para-hydroxylation sites is 1. The fourth-order valence-electron chi connectivity index (χ4n) is 2.18. The Bertz CT molecular complexity index is 641. The molecule has 5 nitrogen and oxygen atoms in total. The molecule has 2 rings (SSSR count). The van der Waals surface area contributed by atoms with Crippen molar-refractivity contribution in [2.75, 3.05) is 5.32 Å². The molecule has 5 heteroatoms. The van der Waals surface area contributed by atoms with Gasteiger partial charge in [0.25, 0.3) is 5.69 Å². The first kappa shape index (κ1) is 14.7. The third-order valence-corrected chi connectivity index (χ3v) is 3.25. The van der Waals surface area contributed by atoms with E-state index >= 15 is 0 Å². The quantitative estimate of drug-likeness (QED) is 0.671. The summed E-state index contributed by atoms with van der Waals surface area (Å²) in [4.78, 5) is 22.7. The highest BCUT2D eigenvalue weighted by molar-refractivity contribution is 5.95. The molecule has 0 aliphatic heterocycles. The minimum atomic E-state index is -0.453. The molecule has 0 radical (unpaired) electrons. The zero-order chi connectivity index (χ0) is 15.2. The van der Waals surface area contributed by atoms with E-state index in [4.69, 9.17) is 0 Å². The zero-order valence-electron chi connectivity index (χ0n) is 11.7. The van der Waals surface area contributed by atoms with Gasteiger partial charge in [0.05, 0.1) is 10.8 Å². The normalized spacial score (nSPS) is 11.7. The van der Waals surface area contributed by atoms with Crippen LogP contribution in [0.1, 0.15) is 24.8 Å². The molecule has 1 unspecified atom stereocenters. The highest BCUT2D eigenvalue weighted by Crippen LogP contribution is 2.25. The Morgan fingerprint density at radius 2 is 1.90 bits per heavy atom. The molecule has 21 heavy (non-hydrogen) atoms. The third kappa shape index (κ3) is 3.66. The number of nitro groups is 1. The topological polar surface area (TPSA) is 72.2 Å². The minimum absolute atomic E-state index is 0.00142. The van der Waals surface area contributed by atoms with Crippen LogP contribution in [0.5, 0.6) is 0 Å². The molecule has 0 aromatic heterocycles. The van der Waals surface area contributed by atoms with Crippen LogP contribution in [0.4, 0.5) is 11.4 Å². The first-order valence-electron chi connectivity index (χ1n) is 6.72. The summed E-state index contributed by atoms with van der Waals surface area (Å²) in [5, 5.41) is 13.7. The molecular weight excluding hydrogens is 268 g/mol. The second-order valence-corrected chi connectivity index (χ2v) is 4.67. The van der Waals surface area contributed by atoms with E-state index in [1.165, 1.54) is 12.1 Å². The standard InChI is InChI=1S/C16H16N2O3/c1-2-15(12-7-6-10-14(11-12)18(20)21)16(19)17-13-8-4-3-5-9-13/h3-11,15H,2H2,1H3,(H,17,19). The smallest absolute Gasteiger partial charge is 0.269 e. The number of carbonyl (C=O) groups is 1. The molecule has 0 bridgehead atoms. The lowest BCUT2D eigenvalue weighted by Gasteiger charge is -2.15. The number of nitrogens with zero attached hydrogens (tertiary/aromatic N) is 1. The molecule has 1 amide bonds. The molecule has 0 spiro atoms. The number of anilines is 1. The molecule has 2 aromatic carbocycles. The maximum absolute atomic E-state index is 12.3. The number of benzene rings is 2. The molecular formula is C16H16N2O3. The number of nitrogens with one attached hydrogen (secondary N) is 1. The lowest BCUT2D eigenvalue weighted by molar-refractivity contribution is -0.384. The minimum Gasteiger partial charge on any atom is -0.326 e. The molecule has 0 saturated carbocycles. The van der Waals surface area contributed by atoms with Crippen molar-refractivity contribution in [1.29, 1.82) is 0 Å². The summed E-state index contributed by atoms with van der Waals surface area (Å²) in [7, 11) is 0. The van der Waals surface area contributed by atoms with Gasteiger partial charge in [0, 0.05) is 17.8 Å². The molecule has 0 heterocycles. The first-order valence-corrected chi connectivity index (χ1v) is 6.72. The van der Waals surface area contributed by atoms with Gasteiger partial charge in [0.15, 0.2) is 0 Å². The number of rotatable bonds is 5. The molecule has 0 fully saturated rings. The van der Waals surface area contributed by atoms with Crippen LogP contribution in [0, 0.1) is 10.1 Å². The number of nitro benzene ring substituents is 1. The van der Waals surface area contributed by atoms with E-state index in [0.717, 1.165) is 0 Å². The van der Waals surface area contributed by atoms with Crippen LogP contribution in [0.15, 0.2) is 54.6 Å². The summed E-state index contributed by atoms with van der Waals surface area (Å²) >= 11 is 0. The summed E-state index contributed by atoms with van der Waals surface area (Å²) in [5.41, 5.74) is 1.37. The summed E-state index contributed by atoms with van der Waals surface area (Å²) in [5.74, 6) is -0.575. The van der Waals surface area contributed by atoms with Crippen molar-refractivity contribution in [3.05, 3.63) is 70.3 Å². The van der Waals surface area contributed by atoms with Gasteiger partial charge in [0.2, 0.25) is 5.91 Å². The van der Waals surface area contributed by atoms with Crippen LogP contribution in [-0.2, 0) is 4.79 Å². The average Bonchev–Trinajstić information content (AvgIpc) is 2.49. The van der Waals surface area contributed by atoms with Gasteiger partial charge in [-0.25, -0.2) is 0 Å². The van der Waals surface area contributed by atoms with Crippen LogP contribution in [0.2, 0.25) is 0 Å². The number of amides is 1. The summed E-state index contributed by atoms with van der Waals surface area (Å²) in [6.07, 6.45) is 0.569. The lowest BCUT2D eigenvalue weighted by Crippen LogP contribution is -2.20. The van der Waals surface area contributed by atoms with Crippen molar-refractivity contribution in [3.63, 3.8) is 0 Å². The fraction of sp³-hybridized carbons (Fsp3) is 0.188. The Morgan fingerprint density at radius 3 is 2.52 bits per heavy atom. The molecule has 2 aromatic rings. The molecule has 0 aliphatic carbocycles. The van der Waals surface area contributed by atoms with E-state index in [2.05, 4.69) is 5.32 Å². The maximum Gasteiger partial charge on any atom is 0.269 e. The highest BCUT2D eigenvalue weighted by Gasteiger charge is 2.20. The van der Waals surface area contributed by atoms with Gasteiger partial charge in [-0.1, -0.05) is 37.3 Å². The van der Waals surface area contributed by atoms with E-state index in [9.17, 15) is 14.9 Å². The Labute approximate surface area is 122 Å². The Morgan fingerprint density at radius 1 is 1.19 bits per heavy atom. The molecule has 0 saturated heterocycles. The number of non-ortho nitro benzene ring substituents is 1. The predicted molar refractivity (Wildman–Crippen MR) is 81.2 cm³/mol. The van der Waals surface area contributed by atoms with Gasteiger partial charge in [-0.05, 0) is 24.1 Å². The van der Waals surface area contributed by atoms with Gasteiger partial charge in [0.1, 0.15) is 0 Å². The van der Waals surface area contributed by atoms with Crippen LogP contribution in [0.25, 0.3) is 0 Å². The van der Waals surface area contributed by atoms with Gasteiger partial charge >= 0.3 is 0 Å². The number of hydrogen-bond donors (Lipinski definition) is 1. The van der Waals surface area contributed by atoms with Crippen molar-refractivity contribution in [3.8, 4) is 0 Å². The van der Waals surface area contributed by atoms with Crippen LogP contribution >= 0.6 is 0 Å². The van der Waals surface area contributed by atoms with E-state index in [1.54, 1.807) is 24.3 Å². The maximum atomic E-state index is 12.3. The van der Waals surface area contributed by atoms with Crippen LogP contribution in [-0.4, -0.2) is 10.8 Å². The average molecular weight is 284 g/mol. The Balaban J connectivity index is 2.21. The lowest BCUT2D eigenvalue weighted by atomic mass is 9.95. The van der Waals surface area contributed by atoms with Crippen molar-refractivity contribution in [2.24, 2.45) is 0 Å². The van der Waals surface area contributed by atoms with Crippen molar-refractivity contribution in [2.45, 2.75) is 19.3 Å². The molecule has 1 N–H and O–H groups in total. The third-order valence-electron chi connectivity index (χ3n) is 3.25. The molecule has 1 atom stereocenters. The SMILES string of the molecule is CCC(C(=O)Nc1ccccc1)c1cccc([N+](=O)[O-])c1. The monoisotopic (exact) mass is 284 g/mol. The highest BCUT2D eigenvalue weighted by atomic mass is 16.6. The van der Waals surface area contributed by atoms with Gasteiger partial charge in [-0.3, -0.25) is 14.9 Å². The van der Waals surface area contributed by atoms with Crippen molar-refractivity contribution < 1.29 is 9.72 Å². The van der Waals surface area contributed by atoms with E-state index in [1.807, 2.05) is 25.1 Å². The van der Waals surface area contributed by atoms with E-state index in [0.29, 0.717) is 17.7 Å². The van der Waals surface area contributed by atoms with Crippen LogP contribution < -0.4 is 5.32 Å². The number of carbonyl (C=O) groups excluding carboxylic acids is 1. The Kier molecular flexibility index (Phi) is 4.66. The largest absolute Gasteiger partial charge is 0.326 e. The summed E-state index contributed by atoms with van der Waals surface area (Å²) < 4.78 is 0. The number of hydrogen-bond acceptors (Lipinski definition) is 3. The first-order chi connectivity index (χ1) is 10.1. The second kappa shape index (κ2) is 6.65. The van der Waals surface area contributed by atoms with Crippen molar-refractivity contribution in [1.82, 2.24) is 0 Å². The Hall–Kier alpha value is -2.69. The predicted octanol–water partition coefficient (Wildman–Crippen LogP) is 3.73. The summed E-state index contributed by atoms with van der Waals surface area (Å²) in [6, 6.07) is 15.4. The van der Waals surface area contributed by atoms with Gasteiger partial charge in [-0.15, -0.1) is 0 Å². The van der Waals surface area contributed by atoms with Crippen LogP contribution in [0.3, 0.4) is 0 Å². The summed E-state index contributed by atoms with van der Waals surface area (Å²) in [6.45, 7) is 1.88. The van der Waals surface area contributed by atoms with E-state index in [-0.39, 0.29) is 11.6 Å². The zero-order valence-corrected chi connectivity index (χ0v) is 11.7. The van der Waals surface area contributed by atoms with Gasteiger partial charge in [-0.2, -0.15) is 0 Å².